The van der Waals surface area contributed by atoms with Crippen LogP contribution in [0.3, 0.4) is 0 Å². The van der Waals surface area contributed by atoms with Crippen LogP contribution < -0.4 is 0 Å². The van der Waals surface area contributed by atoms with Crippen molar-refractivity contribution in [1.29, 1.82) is 0 Å². The molecule has 3 nitrogen and oxygen atoms in total. The first-order valence-electron chi connectivity index (χ1n) is 10.9. The van der Waals surface area contributed by atoms with E-state index in [1.54, 1.807) is 0 Å². The largest absolute Gasteiger partial charge is 0.459 e. The van der Waals surface area contributed by atoms with Gasteiger partial charge in [0.2, 0.25) is 0 Å². The van der Waals surface area contributed by atoms with Gasteiger partial charge in [0.15, 0.2) is 0 Å². The Morgan fingerprint density at radius 2 is 1.70 bits per heavy atom. The molecule has 0 aromatic heterocycles. The van der Waals surface area contributed by atoms with E-state index in [0.717, 1.165) is 31.6 Å². The number of carbonyl (C=O) groups excluding carboxylic acids is 1. The molecule has 0 radical (unpaired) electrons. The summed E-state index contributed by atoms with van der Waals surface area (Å²) in [5.41, 5.74) is 0.434. The van der Waals surface area contributed by atoms with Crippen LogP contribution in [0.1, 0.15) is 81.5 Å². The molecule has 1 saturated heterocycles. The van der Waals surface area contributed by atoms with Gasteiger partial charge in [-0.15, -0.1) is 0 Å². The van der Waals surface area contributed by atoms with Gasteiger partial charge in [-0.25, -0.2) is 9.18 Å². The van der Waals surface area contributed by atoms with Crippen molar-refractivity contribution in [3.8, 4) is 0 Å². The van der Waals surface area contributed by atoms with Crippen LogP contribution in [-0.4, -0.2) is 36.1 Å². The molecule has 0 atom stereocenters. The minimum absolute atomic E-state index is 0.00499. The summed E-state index contributed by atoms with van der Waals surface area (Å²) in [5.74, 6) is 0.272. The first kappa shape index (κ1) is 20.3. The zero-order valence-electron chi connectivity index (χ0n) is 16.7. The molecule has 4 heteroatoms. The molecule has 1 aliphatic heterocycles. The van der Waals surface area contributed by atoms with Crippen LogP contribution in [0.4, 0.5) is 4.39 Å². The Morgan fingerprint density at radius 3 is 2.33 bits per heavy atom. The summed E-state index contributed by atoms with van der Waals surface area (Å²) >= 11 is 0. The number of ether oxygens (including phenoxy) is 1. The van der Waals surface area contributed by atoms with Crippen molar-refractivity contribution in [2.75, 3.05) is 13.1 Å². The lowest BCUT2D eigenvalue weighted by molar-refractivity contribution is 0.00747. The molecule has 1 aliphatic carbocycles. The van der Waals surface area contributed by atoms with Crippen molar-refractivity contribution in [1.82, 2.24) is 4.90 Å². The van der Waals surface area contributed by atoms with Crippen LogP contribution in [-0.2, 0) is 4.74 Å². The Bertz CT molecular complexity index is 573. The maximum absolute atomic E-state index is 13.0. The highest BCUT2D eigenvalue weighted by Gasteiger charge is 2.30. The van der Waals surface area contributed by atoms with Crippen molar-refractivity contribution in [3.05, 3.63) is 35.6 Å². The van der Waals surface area contributed by atoms with Crippen molar-refractivity contribution in [3.63, 3.8) is 0 Å². The van der Waals surface area contributed by atoms with Gasteiger partial charge in [0.05, 0.1) is 5.56 Å². The van der Waals surface area contributed by atoms with Crippen LogP contribution in [0.15, 0.2) is 24.3 Å². The normalized spacial score (nSPS) is 24.7. The average Bonchev–Trinajstić information content (AvgIpc) is 2.70. The first-order chi connectivity index (χ1) is 13.2. The molecule has 150 valence electrons. The molecule has 1 aromatic rings. The number of hydrogen-bond donors (Lipinski definition) is 0. The Hall–Kier alpha value is -1.42. The quantitative estimate of drug-likeness (QED) is 0.460. The summed E-state index contributed by atoms with van der Waals surface area (Å²) in [6.07, 6.45) is 12.3. The molecule has 2 fully saturated rings. The molecule has 27 heavy (non-hydrogen) atoms. The molecule has 1 saturated carbocycles. The number of unbranched alkanes of at least 4 members (excludes halogenated alkanes) is 2. The van der Waals surface area contributed by atoms with Crippen LogP contribution in [0.2, 0.25) is 0 Å². The van der Waals surface area contributed by atoms with E-state index in [-0.39, 0.29) is 17.9 Å². The van der Waals surface area contributed by atoms with Crippen LogP contribution in [0.25, 0.3) is 0 Å². The van der Waals surface area contributed by atoms with Gasteiger partial charge < -0.3 is 9.64 Å². The predicted molar refractivity (Wildman–Crippen MR) is 106 cm³/mol. The minimum Gasteiger partial charge on any atom is -0.459 e. The Labute approximate surface area is 163 Å². The third-order valence-corrected chi connectivity index (χ3v) is 6.38. The molecule has 0 N–H and O–H groups in total. The number of likely N-dealkylation sites (tertiary alicyclic amines) is 1. The molecule has 0 bridgehead atoms. The molecular formula is C23H34FNO2. The highest BCUT2D eigenvalue weighted by Crippen LogP contribution is 2.30. The highest BCUT2D eigenvalue weighted by molar-refractivity contribution is 5.89. The van der Waals surface area contributed by atoms with Crippen LogP contribution in [0.5, 0.6) is 0 Å². The smallest absolute Gasteiger partial charge is 0.338 e. The number of rotatable bonds is 7. The number of carbonyl (C=O) groups is 1. The van der Waals surface area contributed by atoms with Crippen molar-refractivity contribution in [2.24, 2.45) is 5.92 Å². The summed E-state index contributed by atoms with van der Waals surface area (Å²) in [6.45, 7) is 4.75. The fourth-order valence-corrected chi connectivity index (χ4v) is 4.62. The fourth-order valence-electron chi connectivity index (χ4n) is 4.62. The molecule has 0 unspecified atom stereocenters. The van der Waals surface area contributed by atoms with Crippen molar-refractivity contribution in [2.45, 2.75) is 83.3 Å². The monoisotopic (exact) mass is 375 g/mol. The van der Waals surface area contributed by atoms with Crippen molar-refractivity contribution >= 4 is 5.97 Å². The lowest BCUT2D eigenvalue weighted by Crippen LogP contribution is -2.44. The van der Waals surface area contributed by atoms with Crippen molar-refractivity contribution < 1.29 is 13.9 Å². The number of benzene rings is 1. The van der Waals surface area contributed by atoms with Gasteiger partial charge in [0.1, 0.15) is 11.9 Å². The van der Waals surface area contributed by atoms with Gasteiger partial charge in [-0.1, -0.05) is 32.6 Å². The van der Waals surface area contributed by atoms with Gasteiger partial charge in [0, 0.05) is 6.04 Å². The third kappa shape index (κ3) is 6.03. The van der Waals surface area contributed by atoms with Gasteiger partial charge in [-0.05, 0) is 81.8 Å². The minimum atomic E-state index is -0.332. The molecule has 1 aromatic carbocycles. The number of esters is 1. The van der Waals surface area contributed by atoms with E-state index in [4.69, 9.17) is 4.74 Å². The lowest BCUT2D eigenvalue weighted by Gasteiger charge is -2.40. The summed E-state index contributed by atoms with van der Waals surface area (Å²) in [4.78, 5) is 14.9. The summed E-state index contributed by atoms with van der Waals surface area (Å²) in [6, 6.07) is 6.25. The number of piperidine rings is 1. The van der Waals surface area contributed by atoms with E-state index >= 15 is 0 Å². The molecule has 0 amide bonds. The SMILES string of the molecule is CCCCCC1CCN(C2CCC(OC(=O)c3ccc(F)cc3)CC2)CC1. The average molecular weight is 376 g/mol. The second kappa shape index (κ2) is 10.2. The first-order valence-corrected chi connectivity index (χ1v) is 10.9. The molecule has 3 rings (SSSR count). The second-order valence-electron chi connectivity index (χ2n) is 8.32. The van der Waals surface area contributed by atoms with Gasteiger partial charge in [-0.2, -0.15) is 0 Å². The standard InChI is InChI=1S/C23H34FNO2/c1-2-3-4-5-18-14-16-25(17-15-18)21-10-12-22(13-11-21)27-23(26)19-6-8-20(24)9-7-19/h6-9,18,21-22H,2-5,10-17H2,1H3. The number of nitrogens with zero attached hydrogens (tertiary/aromatic N) is 1. The van der Waals surface area contributed by atoms with E-state index < -0.39 is 0 Å². The predicted octanol–water partition coefficient (Wildman–Crippen LogP) is 5.59. The highest BCUT2D eigenvalue weighted by atomic mass is 19.1. The van der Waals surface area contributed by atoms with Crippen LogP contribution in [0, 0.1) is 11.7 Å². The Balaban J connectivity index is 1.37. The molecule has 2 aliphatic rings. The maximum Gasteiger partial charge on any atom is 0.338 e. The van der Waals surface area contributed by atoms with Gasteiger partial charge >= 0.3 is 5.97 Å². The zero-order valence-corrected chi connectivity index (χ0v) is 16.7. The van der Waals surface area contributed by atoms with E-state index in [2.05, 4.69) is 11.8 Å². The van der Waals surface area contributed by atoms with E-state index in [9.17, 15) is 9.18 Å². The fraction of sp³-hybridized carbons (Fsp3) is 0.696. The summed E-state index contributed by atoms with van der Waals surface area (Å²) in [5, 5.41) is 0. The topological polar surface area (TPSA) is 29.5 Å². The molecular weight excluding hydrogens is 341 g/mol. The number of halogens is 1. The Kier molecular flexibility index (Phi) is 7.69. The molecule has 1 heterocycles. The third-order valence-electron chi connectivity index (χ3n) is 6.38. The summed E-state index contributed by atoms with van der Waals surface area (Å²) in [7, 11) is 0. The van der Waals surface area contributed by atoms with E-state index in [0.29, 0.717) is 11.6 Å². The van der Waals surface area contributed by atoms with Gasteiger partial charge in [0.25, 0.3) is 0 Å². The van der Waals surface area contributed by atoms with E-state index in [1.807, 2.05) is 0 Å². The molecule has 0 spiro atoms. The van der Waals surface area contributed by atoms with Gasteiger partial charge in [-0.3, -0.25) is 0 Å². The second-order valence-corrected chi connectivity index (χ2v) is 8.32. The Morgan fingerprint density at radius 1 is 1.04 bits per heavy atom. The summed E-state index contributed by atoms with van der Waals surface area (Å²) < 4.78 is 18.6. The van der Waals surface area contributed by atoms with E-state index in [1.165, 1.54) is 75.9 Å². The van der Waals surface area contributed by atoms with Crippen LogP contribution >= 0.6 is 0 Å². The lowest BCUT2D eigenvalue weighted by atomic mass is 9.87. The number of hydrogen-bond acceptors (Lipinski definition) is 3. The zero-order chi connectivity index (χ0) is 19.1. The maximum atomic E-state index is 13.0.